The van der Waals surface area contributed by atoms with Gasteiger partial charge in [0.15, 0.2) is 0 Å². The molecule has 0 spiro atoms. The van der Waals surface area contributed by atoms with Gasteiger partial charge in [-0.05, 0) is 66.1 Å². The van der Waals surface area contributed by atoms with Gasteiger partial charge in [-0.2, -0.15) is 0 Å². The molecular formula is C33H40N4O4. The fourth-order valence-corrected chi connectivity index (χ4v) is 5.79. The topological polar surface area (TPSA) is 97.1 Å². The summed E-state index contributed by atoms with van der Waals surface area (Å²) < 4.78 is 10.7. The molecule has 216 valence electrons. The highest BCUT2D eigenvalue weighted by Crippen LogP contribution is 2.33. The number of methoxy groups -OCH3 is 1. The molecule has 0 radical (unpaired) electrons. The van der Waals surface area contributed by atoms with E-state index in [1.54, 1.807) is 0 Å². The van der Waals surface area contributed by atoms with Gasteiger partial charge in [-0.1, -0.05) is 54.6 Å². The van der Waals surface area contributed by atoms with E-state index in [2.05, 4.69) is 34.5 Å². The van der Waals surface area contributed by atoms with Gasteiger partial charge in [0.25, 0.3) is 0 Å². The summed E-state index contributed by atoms with van der Waals surface area (Å²) in [5, 5.41) is 3.18. The number of nitrogens with zero attached hydrogens (tertiary/aromatic N) is 2. The van der Waals surface area contributed by atoms with Gasteiger partial charge in [0, 0.05) is 31.7 Å². The predicted octanol–water partition coefficient (Wildman–Crippen LogP) is 5.21. The maximum absolute atomic E-state index is 13.1. The summed E-state index contributed by atoms with van der Waals surface area (Å²) in [5.41, 5.74) is 11.9. The number of ether oxygens (including phenoxy) is 2. The van der Waals surface area contributed by atoms with Gasteiger partial charge in [0.05, 0.1) is 38.1 Å². The molecule has 41 heavy (non-hydrogen) atoms. The van der Waals surface area contributed by atoms with Crippen LogP contribution >= 0.6 is 0 Å². The van der Waals surface area contributed by atoms with Crippen molar-refractivity contribution >= 4 is 23.4 Å². The van der Waals surface area contributed by atoms with Crippen LogP contribution in [0.15, 0.2) is 72.8 Å². The Morgan fingerprint density at radius 2 is 1.63 bits per heavy atom. The van der Waals surface area contributed by atoms with E-state index in [1.165, 1.54) is 7.11 Å². The molecule has 0 aromatic heterocycles. The maximum atomic E-state index is 13.1. The quantitative estimate of drug-likeness (QED) is 0.395. The number of amides is 2. The first kappa shape index (κ1) is 28.6. The summed E-state index contributed by atoms with van der Waals surface area (Å²) >= 11 is 0. The molecule has 1 saturated carbocycles. The smallest absolute Gasteiger partial charge is 0.410 e. The van der Waals surface area contributed by atoms with Crippen LogP contribution in [0.2, 0.25) is 0 Å². The van der Waals surface area contributed by atoms with Crippen LogP contribution in [0.5, 0.6) is 0 Å². The fourth-order valence-electron chi connectivity index (χ4n) is 5.79. The van der Waals surface area contributed by atoms with Crippen LogP contribution < -0.4 is 16.0 Å². The molecule has 2 amide bonds. The van der Waals surface area contributed by atoms with Crippen molar-refractivity contribution < 1.29 is 19.1 Å². The highest BCUT2D eigenvalue weighted by Gasteiger charge is 2.28. The standard InChI is InChI=1S/C33H40N4O4/c1-40-33(39)37(29-13-11-28(34)12-14-29)23-25-8-5-9-26(20-25)27-10-15-31(36-16-18-41-19-17-36)30(22-27)35-32(38)21-24-6-3-2-4-7-24/h2-10,15,20,22,28-29H,11-14,16-19,21,23,34H2,1H3,(H,35,38). The second kappa shape index (κ2) is 13.7. The molecule has 3 aromatic carbocycles. The Kier molecular flexibility index (Phi) is 9.54. The van der Waals surface area contributed by atoms with Crippen molar-refractivity contribution in [1.29, 1.82) is 0 Å². The van der Waals surface area contributed by atoms with Gasteiger partial charge < -0.3 is 30.3 Å². The van der Waals surface area contributed by atoms with Crippen LogP contribution in [0.4, 0.5) is 16.2 Å². The first-order chi connectivity index (χ1) is 20.0. The predicted molar refractivity (Wildman–Crippen MR) is 162 cm³/mol. The molecule has 2 fully saturated rings. The molecular weight excluding hydrogens is 516 g/mol. The second-order valence-corrected chi connectivity index (χ2v) is 10.9. The van der Waals surface area contributed by atoms with Gasteiger partial charge in [-0.15, -0.1) is 0 Å². The van der Waals surface area contributed by atoms with Crippen LogP contribution in [0.3, 0.4) is 0 Å². The summed E-state index contributed by atoms with van der Waals surface area (Å²) in [6, 6.07) is 24.5. The van der Waals surface area contributed by atoms with E-state index in [-0.39, 0.29) is 24.1 Å². The molecule has 8 nitrogen and oxygen atoms in total. The molecule has 3 aromatic rings. The third-order valence-corrected chi connectivity index (χ3v) is 8.03. The Hall–Kier alpha value is -3.88. The van der Waals surface area contributed by atoms with E-state index in [4.69, 9.17) is 15.2 Å². The number of carbonyl (C=O) groups excluding carboxylic acids is 2. The first-order valence-electron chi connectivity index (χ1n) is 14.5. The van der Waals surface area contributed by atoms with Gasteiger partial charge in [0.2, 0.25) is 5.91 Å². The number of hydrogen-bond acceptors (Lipinski definition) is 6. The Morgan fingerprint density at radius 1 is 0.927 bits per heavy atom. The van der Waals surface area contributed by atoms with Crippen molar-refractivity contribution in [3.8, 4) is 11.1 Å². The van der Waals surface area contributed by atoms with Crippen LogP contribution in [0.25, 0.3) is 11.1 Å². The normalized spacial score (nSPS) is 18.9. The number of anilines is 2. The molecule has 0 atom stereocenters. The van der Waals surface area contributed by atoms with Gasteiger partial charge in [-0.25, -0.2) is 4.79 Å². The van der Waals surface area contributed by atoms with Crippen molar-refractivity contribution in [2.24, 2.45) is 5.73 Å². The lowest BCUT2D eigenvalue weighted by molar-refractivity contribution is -0.115. The SMILES string of the molecule is COC(=O)N(Cc1cccc(-c2ccc(N3CCOCC3)c(NC(=O)Cc3ccccc3)c2)c1)C1CCC(N)CC1. The maximum Gasteiger partial charge on any atom is 0.410 e. The van der Waals surface area contributed by atoms with Crippen LogP contribution in [-0.4, -0.2) is 62.4 Å². The molecule has 8 heteroatoms. The monoisotopic (exact) mass is 556 g/mol. The highest BCUT2D eigenvalue weighted by molar-refractivity contribution is 5.96. The molecule has 3 N–H and O–H groups in total. The number of nitrogens with two attached hydrogens (primary N) is 1. The second-order valence-electron chi connectivity index (χ2n) is 10.9. The summed E-state index contributed by atoms with van der Waals surface area (Å²) in [4.78, 5) is 29.9. The fraction of sp³-hybridized carbons (Fsp3) is 0.394. The minimum absolute atomic E-state index is 0.0578. The summed E-state index contributed by atoms with van der Waals surface area (Å²) in [7, 11) is 1.43. The molecule has 1 aliphatic heterocycles. The number of nitrogens with one attached hydrogen (secondary N) is 1. The van der Waals surface area contributed by atoms with Gasteiger partial charge >= 0.3 is 6.09 Å². The van der Waals surface area contributed by atoms with E-state index in [9.17, 15) is 9.59 Å². The Bertz CT molecular complexity index is 1320. The van der Waals surface area contributed by atoms with E-state index in [1.807, 2.05) is 53.4 Å². The highest BCUT2D eigenvalue weighted by atomic mass is 16.5. The molecule has 2 aliphatic rings. The Labute approximate surface area is 242 Å². The minimum Gasteiger partial charge on any atom is -0.453 e. The zero-order valence-corrected chi connectivity index (χ0v) is 23.8. The average Bonchev–Trinajstić information content (AvgIpc) is 3.01. The summed E-state index contributed by atoms with van der Waals surface area (Å²) in [6.07, 6.45) is 3.57. The average molecular weight is 557 g/mol. The lowest BCUT2D eigenvalue weighted by Crippen LogP contribution is -2.43. The lowest BCUT2D eigenvalue weighted by Gasteiger charge is -2.35. The van der Waals surface area contributed by atoms with E-state index < -0.39 is 0 Å². The van der Waals surface area contributed by atoms with E-state index in [0.717, 1.165) is 72.4 Å². The molecule has 0 unspecified atom stereocenters. The Morgan fingerprint density at radius 3 is 2.37 bits per heavy atom. The lowest BCUT2D eigenvalue weighted by atomic mass is 9.90. The number of hydrogen-bond donors (Lipinski definition) is 2. The summed E-state index contributed by atoms with van der Waals surface area (Å²) in [5.74, 6) is -0.0578. The molecule has 1 saturated heterocycles. The van der Waals surface area contributed by atoms with Crippen LogP contribution in [0, 0.1) is 0 Å². The van der Waals surface area contributed by atoms with E-state index in [0.29, 0.717) is 26.2 Å². The van der Waals surface area contributed by atoms with Gasteiger partial charge in [-0.3, -0.25) is 4.79 Å². The number of benzene rings is 3. The summed E-state index contributed by atoms with van der Waals surface area (Å²) in [6.45, 7) is 3.32. The van der Waals surface area contributed by atoms with Crippen molar-refractivity contribution in [2.75, 3.05) is 43.6 Å². The third-order valence-electron chi connectivity index (χ3n) is 8.03. The minimum atomic E-state index is -0.311. The van der Waals surface area contributed by atoms with Crippen LogP contribution in [0.1, 0.15) is 36.8 Å². The number of carbonyl (C=O) groups is 2. The van der Waals surface area contributed by atoms with Crippen molar-refractivity contribution in [3.05, 3.63) is 83.9 Å². The third kappa shape index (κ3) is 7.45. The molecule has 0 bridgehead atoms. The molecule has 5 rings (SSSR count). The molecule has 1 aliphatic carbocycles. The largest absolute Gasteiger partial charge is 0.453 e. The zero-order valence-electron chi connectivity index (χ0n) is 23.8. The molecule has 1 heterocycles. The van der Waals surface area contributed by atoms with Crippen molar-refractivity contribution in [3.63, 3.8) is 0 Å². The van der Waals surface area contributed by atoms with E-state index >= 15 is 0 Å². The van der Waals surface area contributed by atoms with Crippen LogP contribution in [-0.2, 0) is 27.2 Å². The zero-order chi connectivity index (χ0) is 28.6. The van der Waals surface area contributed by atoms with Gasteiger partial charge in [0.1, 0.15) is 0 Å². The van der Waals surface area contributed by atoms with Crippen molar-refractivity contribution in [1.82, 2.24) is 4.90 Å². The first-order valence-corrected chi connectivity index (χ1v) is 14.5. The Balaban J connectivity index is 1.39. The number of rotatable bonds is 8. The number of morpholine rings is 1. The van der Waals surface area contributed by atoms with Crippen molar-refractivity contribution in [2.45, 2.75) is 50.7 Å².